The molecule has 2 N–H and O–H groups in total. The van der Waals surface area contributed by atoms with Gasteiger partial charge in [0.25, 0.3) is 5.92 Å². The molecule has 0 aliphatic carbocycles. The Bertz CT molecular complexity index is 305. The van der Waals surface area contributed by atoms with Crippen molar-refractivity contribution in [2.75, 3.05) is 32.7 Å². The van der Waals surface area contributed by atoms with Crippen LogP contribution in [0.2, 0.25) is 0 Å². The van der Waals surface area contributed by atoms with Crippen LogP contribution < -0.4 is 5.32 Å². The van der Waals surface area contributed by atoms with Crippen molar-refractivity contribution in [3.05, 3.63) is 24.0 Å². The summed E-state index contributed by atoms with van der Waals surface area (Å²) in [5.41, 5.74) is 0.667. The minimum atomic E-state index is -2.64. The van der Waals surface area contributed by atoms with Crippen LogP contribution in [0.3, 0.4) is 0 Å². The Morgan fingerprint density at radius 3 is 2.69 bits per heavy atom. The lowest BCUT2D eigenvalue weighted by molar-refractivity contribution is -0.0337. The monoisotopic (exact) mass is 229 g/mol. The SMILES string of the molecule is FC(F)(Cc1cc[nH]c1)CN1CCNCC1. The second-order valence-corrected chi connectivity index (χ2v) is 4.28. The standard InChI is InChI=1S/C11H17F2N3/c12-11(13,7-10-1-2-15-8-10)9-16-5-3-14-4-6-16/h1-2,8,14-15H,3-7,9H2. The quantitative estimate of drug-likeness (QED) is 0.810. The number of hydrogen-bond donors (Lipinski definition) is 2. The van der Waals surface area contributed by atoms with Crippen molar-refractivity contribution < 1.29 is 8.78 Å². The van der Waals surface area contributed by atoms with Gasteiger partial charge in [-0.3, -0.25) is 4.90 Å². The van der Waals surface area contributed by atoms with Gasteiger partial charge < -0.3 is 10.3 Å². The summed E-state index contributed by atoms with van der Waals surface area (Å²) in [6, 6.07) is 1.70. The van der Waals surface area contributed by atoms with E-state index in [1.807, 2.05) is 4.90 Å². The maximum atomic E-state index is 13.7. The van der Waals surface area contributed by atoms with Gasteiger partial charge in [0.1, 0.15) is 0 Å². The smallest absolute Gasteiger partial charge is 0.264 e. The third-order valence-electron chi connectivity index (χ3n) is 2.79. The van der Waals surface area contributed by atoms with Gasteiger partial charge in [0.05, 0.1) is 6.54 Å². The fourth-order valence-electron chi connectivity index (χ4n) is 2.02. The molecule has 3 nitrogen and oxygen atoms in total. The highest BCUT2D eigenvalue weighted by molar-refractivity contribution is 5.10. The fourth-order valence-corrected chi connectivity index (χ4v) is 2.02. The molecule has 1 saturated heterocycles. The lowest BCUT2D eigenvalue weighted by Gasteiger charge is -2.30. The van der Waals surface area contributed by atoms with E-state index in [4.69, 9.17) is 0 Å². The van der Waals surface area contributed by atoms with Crippen LogP contribution in [0.15, 0.2) is 18.5 Å². The molecule has 0 atom stereocenters. The molecular weight excluding hydrogens is 212 g/mol. The predicted molar refractivity (Wildman–Crippen MR) is 58.8 cm³/mol. The Hall–Kier alpha value is -0.940. The second kappa shape index (κ2) is 4.93. The zero-order valence-corrected chi connectivity index (χ0v) is 9.18. The van der Waals surface area contributed by atoms with E-state index in [1.165, 1.54) is 0 Å². The molecule has 1 aliphatic heterocycles. The average Bonchev–Trinajstić information content (AvgIpc) is 2.70. The van der Waals surface area contributed by atoms with Crippen LogP contribution in [0.1, 0.15) is 5.56 Å². The number of aromatic nitrogens is 1. The van der Waals surface area contributed by atoms with Gasteiger partial charge in [-0.05, 0) is 11.6 Å². The molecule has 1 aromatic heterocycles. The molecule has 2 heterocycles. The van der Waals surface area contributed by atoms with Gasteiger partial charge in [-0.25, -0.2) is 8.78 Å². The zero-order valence-electron chi connectivity index (χ0n) is 9.18. The summed E-state index contributed by atoms with van der Waals surface area (Å²) in [7, 11) is 0. The molecule has 1 aromatic rings. The Morgan fingerprint density at radius 1 is 1.31 bits per heavy atom. The van der Waals surface area contributed by atoms with E-state index in [2.05, 4.69) is 10.3 Å². The summed E-state index contributed by atoms with van der Waals surface area (Å²) in [6.45, 7) is 2.89. The van der Waals surface area contributed by atoms with Crippen molar-refractivity contribution in [1.82, 2.24) is 15.2 Å². The molecule has 16 heavy (non-hydrogen) atoms. The van der Waals surface area contributed by atoms with E-state index < -0.39 is 5.92 Å². The van der Waals surface area contributed by atoms with Crippen molar-refractivity contribution >= 4 is 0 Å². The number of hydrogen-bond acceptors (Lipinski definition) is 2. The first-order valence-electron chi connectivity index (χ1n) is 5.58. The van der Waals surface area contributed by atoms with Crippen molar-refractivity contribution in [2.24, 2.45) is 0 Å². The van der Waals surface area contributed by atoms with Gasteiger partial charge in [0, 0.05) is 45.0 Å². The van der Waals surface area contributed by atoms with Crippen LogP contribution in [0, 0.1) is 0 Å². The van der Waals surface area contributed by atoms with E-state index in [9.17, 15) is 8.78 Å². The fraction of sp³-hybridized carbons (Fsp3) is 0.636. The normalized spacial score (nSPS) is 18.9. The minimum Gasteiger partial charge on any atom is -0.367 e. The number of aromatic amines is 1. The van der Waals surface area contributed by atoms with Gasteiger partial charge in [0.15, 0.2) is 0 Å². The molecule has 5 heteroatoms. The number of nitrogens with zero attached hydrogens (tertiary/aromatic N) is 1. The summed E-state index contributed by atoms with van der Waals surface area (Å²) >= 11 is 0. The first-order valence-corrected chi connectivity index (χ1v) is 5.58. The van der Waals surface area contributed by atoms with Gasteiger partial charge >= 0.3 is 0 Å². The number of H-pyrrole nitrogens is 1. The third-order valence-corrected chi connectivity index (χ3v) is 2.79. The number of alkyl halides is 2. The van der Waals surface area contributed by atoms with E-state index in [0.29, 0.717) is 18.7 Å². The molecule has 0 spiro atoms. The van der Waals surface area contributed by atoms with Crippen LogP contribution in [0.5, 0.6) is 0 Å². The number of halogens is 2. The molecule has 1 fully saturated rings. The first-order chi connectivity index (χ1) is 7.66. The molecule has 0 bridgehead atoms. The molecular formula is C11H17F2N3. The van der Waals surface area contributed by atoms with E-state index in [1.54, 1.807) is 18.5 Å². The van der Waals surface area contributed by atoms with Gasteiger partial charge in [-0.2, -0.15) is 0 Å². The summed E-state index contributed by atoms with van der Waals surface area (Å²) in [6.07, 6.45) is 3.13. The lowest BCUT2D eigenvalue weighted by atomic mass is 10.1. The number of nitrogens with one attached hydrogen (secondary N) is 2. The second-order valence-electron chi connectivity index (χ2n) is 4.28. The highest BCUT2D eigenvalue weighted by Crippen LogP contribution is 2.21. The Kier molecular flexibility index (Phi) is 3.56. The Morgan fingerprint density at radius 2 is 2.06 bits per heavy atom. The van der Waals surface area contributed by atoms with Crippen LogP contribution in [-0.4, -0.2) is 48.5 Å². The lowest BCUT2D eigenvalue weighted by Crippen LogP contribution is -2.48. The van der Waals surface area contributed by atoms with Gasteiger partial charge in [0.2, 0.25) is 0 Å². The van der Waals surface area contributed by atoms with E-state index in [0.717, 1.165) is 13.1 Å². The summed E-state index contributed by atoms with van der Waals surface area (Å²) in [4.78, 5) is 4.62. The topological polar surface area (TPSA) is 31.1 Å². The Labute approximate surface area is 93.8 Å². The third kappa shape index (κ3) is 3.28. The van der Waals surface area contributed by atoms with Crippen molar-refractivity contribution in [1.29, 1.82) is 0 Å². The molecule has 0 amide bonds. The molecule has 0 saturated carbocycles. The molecule has 0 unspecified atom stereocenters. The highest BCUT2D eigenvalue weighted by Gasteiger charge is 2.32. The van der Waals surface area contributed by atoms with Gasteiger partial charge in [-0.15, -0.1) is 0 Å². The maximum Gasteiger partial charge on any atom is 0.264 e. The van der Waals surface area contributed by atoms with Crippen LogP contribution >= 0.6 is 0 Å². The van der Waals surface area contributed by atoms with Crippen molar-refractivity contribution in [2.45, 2.75) is 12.3 Å². The molecule has 1 aliphatic rings. The summed E-state index contributed by atoms with van der Waals surface area (Å²) in [5, 5.41) is 3.15. The number of rotatable bonds is 4. The molecule has 2 rings (SSSR count). The van der Waals surface area contributed by atoms with Crippen LogP contribution in [0.25, 0.3) is 0 Å². The predicted octanol–water partition coefficient (Wildman–Crippen LogP) is 1.10. The van der Waals surface area contributed by atoms with Crippen LogP contribution in [-0.2, 0) is 6.42 Å². The number of piperazine rings is 1. The molecule has 0 radical (unpaired) electrons. The maximum absolute atomic E-state index is 13.7. The zero-order chi connectivity index (χ0) is 11.4. The molecule has 0 aromatic carbocycles. The molecule has 90 valence electrons. The summed E-state index contributed by atoms with van der Waals surface area (Å²) < 4.78 is 27.4. The van der Waals surface area contributed by atoms with E-state index in [-0.39, 0.29) is 13.0 Å². The first kappa shape index (κ1) is 11.5. The summed E-state index contributed by atoms with van der Waals surface area (Å²) in [5.74, 6) is -2.64. The van der Waals surface area contributed by atoms with Crippen molar-refractivity contribution in [3.8, 4) is 0 Å². The largest absolute Gasteiger partial charge is 0.367 e. The van der Waals surface area contributed by atoms with E-state index >= 15 is 0 Å². The minimum absolute atomic E-state index is 0.139. The van der Waals surface area contributed by atoms with Crippen LogP contribution in [0.4, 0.5) is 8.78 Å². The average molecular weight is 229 g/mol. The Balaban J connectivity index is 1.86. The van der Waals surface area contributed by atoms with Crippen molar-refractivity contribution in [3.63, 3.8) is 0 Å². The highest BCUT2D eigenvalue weighted by atomic mass is 19.3. The van der Waals surface area contributed by atoms with Gasteiger partial charge in [-0.1, -0.05) is 0 Å².